The van der Waals surface area contributed by atoms with Crippen molar-refractivity contribution in [2.45, 2.75) is 101 Å². The molecule has 0 spiro atoms. The van der Waals surface area contributed by atoms with Gasteiger partial charge in [-0.2, -0.15) is 0 Å². The molecule has 0 radical (unpaired) electrons. The Labute approximate surface area is 320 Å². The molecule has 20 heteroatoms. The third-order valence-corrected chi connectivity index (χ3v) is 12.3. The van der Waals surface area contributed by atoms with Crippen molar-refractivity contribution in [1.29, 1.82) is 0 Å². The van der Waals surface area contributed by atoms with Crippen LogP contribution < -0.4 is 21.3 Å². The molecule has 1 saturated heterocycles. The maximum Gasteiger partial charge on any atom is 0.329 e. The molecule has 16 nitrogen and oxygen atoms in total. The fraction of sp³-hybridized carbons (Fsp3) is 0.750. The van der Waals surface area contributed by atoms with Crippen LogP contribution in [0.15, 0.2) is 0 Å². The summed E-state index contributed by atoms with van der Waals surface area (Å²) in [6.45, 7) is 0. The molecule has 0 aromatic heterocycles. The summed E-state index contributed by atoms with van der Waals surface area (Å²) in [6, 6.07) is -3.67. The van der Waals surface area contributed by atoms with Gasteiger partial charge in [-0.1, -0.05) is 68.9 Å². The molecule has 1 fully saturated rings. The molecule has 4 atom stereocenters. The molecule has 4 amide bonds. The topological polar surface area (TPSA) is 222 Å². The second-order valence-electron chi connectivity index (χ2n) is 11.5. The first-order valence-corrected chi connectivity index (χ1v) is 21.9. The number of amides is 4. The van der Waals surface area contributed by atoms with Crippen LogP contribution >= 0.6 is 43.2 Å². The number of carbonyl (C=O) groups excluding carboxylic acids is 8. The highest BCUT2D eigenvalue weighted by atomic mass is 33.1. The molecule has 1 aliphatic heterocycles. The van der Waals surface area contributed by atoms with Crippen LogP contribution in [0.5, 0.6) is 0 Å². The van der Waals surface area contributed by atoms with E-state index in [0.29, 0.717) is 51.4 Å². The number of hydrogen-bond acceptors (Lipinski definition) is 16. The minimum atomic E-state index is -0.918. The molecule has 0 bridgehead atoms. The van der Waals surface area contributed by atoms with Crippen molar-refractivity contribution in [3.63, 3.8) is 0 Å². The average Bonchev–Trinajstić information content (AvgIpc) is 3.13. The molecule has 1 aliphatic rings. The fourth-order valence-corrected chi connectivity index (χ4v) is 9.22. The zero-order valence-electron chi connectivity index (χ0n) is 30.2. The number of ether oxygens (including phenoxy) is 4. The van der Waals surface area contributed by atoms with Crippen LogP contribution in [-0.2, 0) is 57.3 Å². The van der Waals surface area contributed by atoms with Gasteiger partial charge < -0.3 is 40.2 Å². The summed E-state index contributed by atoms with van der Waals surface area (Å²) < 4.78 is 19.3. The summed E-state index contributed by atoms with van der Waals surface area (Å²) >= 11 is 0. The van der Waals surface area contributed by atoms with Gasteiger partial charge in [0.15, 0.2) is 0 Å². The molecule has 1 rings (SSSR count). The molecule has 0 aliphatic carbocycles. The predicted molar refractivity (Wildman–Crippen MR) is 201 cm³/mol. The van der Waals surface area contributed by atoms with Crippen LogP contribution in [0, 0.1) is 0 Å². The average molecular weight is 813 g/mol. The van der Waals surface area contributed by atoms with Crippen LogP contribution in [-0.4, -0.2) is 123 Å². The van der Waals surface area contributed by atoms with E-state index in [2.05, 4.69) is 21.3 Å². The Morgan fingerprint density at radius 3 is 0.769 bits per heavy atom. The zero-order chi connectivity index (χ0) is 38.7. The van der Waals surface area contributed by atoms with Crippen molar-refractivity contribution in [3.05, 3.63) is 0 Å². The smallest absolute Gasteiger partial charge is 0.329 e. The van der Waals surface area contributed by atoms with Gasteiger partial charge in [0.05, 0.1) is 28.4 Å². The van der Waals surface area contributed by atoms with Crippen molar-refractivity contribution in [2.24, 2.45) is 0 Å². The molecule has 4 N–H and O–H groups in total. The zero-order valence-corrected chi connectivity index (χ0v) is 33.4. The van der Waals surface area contributed by atoms with Gasteiger partial charge in [0.25, 0.3) is 0 Å². The van der Waals surface area contributed by atoms with Crippen LogP contribution in [0.3, 0.4) is 0 Å². The summed E-state index contributed by atoms with van der Waals surface area (Å²) in [5.41, 5.74) is 0. The van der Waals surface area contributed by atoms with Crippen molar-refractivity contribution in [2.75, 3.05) is 51.5 Å². The maximum atomic E-state index is 12.6. The lowest BCUT2D eigenvalue weighted by molar-refractivity contribution is -0.144. The van der Waals surface area contributed by atoms with Crippen LogP contribution in [0.25, 0.3) is 0 Å². The number of esters is 4. The lowest BCUT2D eigenvalue weighted by Gasteiger charge is -2.18. The van der Waals surface area contributed by atoms with Crippen LogP contribution in [0.1, 0.15) is 77.0 Å². The normalized spacial score (nSPS) is 24.1. The highest BCUT2D eigenvalue weighted by Gasteiger charge is 2.26. The van der Waals surface area contributed by atoms with Gasteiger partial charge in [-0.3, -0.25) is 19.2 Å². The van der Waals surface area contributed by atoms with E-state index < -0.39 is 48.0 Å². The number of nitrogens with one attached hydrogen (secondary N) is 4. The van der Waals surface area contributed by atoms with Gasteiger partial charge in [-0.25, -0.2) is 19.2 Å². The van der Waals surface area contributed by atoms with E-state index in [4.69, 9.17) is 18.9 Å². The summed E-state index contributed by atoms with van der Waals surface area (Å²) in [6.07, 6.45) is 5.34. The van der Waals surface area contributed by atoms with Crippen molar-refractivity contribution >= 4 is 90.7 Å². The standard InChI is InChI=1S/C32H52N4O12S4/c1-45-29(41)21-17-49-50-18-22(30(42)46-2)34-26(38)15-11-7-8-12-16-28(40)36-24(32(44)48-4)20-52-51-19-23(31(43)47-3)35-27(39)14-10-6-5-9-13-25(37)33-21/h21-24H,5-20H2,1-4H3,(H,33,37)(H,34,38)(H,35,39)(H,36,40)/t21-,22?,23-,24?/m0/s1. The summed E-state index contributed by atoms with van der Waals surface area (Å²) in [5.74, 6) is -3.16. The van der Waals surface area contributed by atoms with Crippen molar-refractivity contribution in [3.8, 4) is 0 Å². The Hall–Kier alpha value is -2.84. The lowest BCUT2D eigenvalue weighted by atomic mass is 10.1. The van der Waals surface area contributed by atoms with Gasteiger partial charge in [-0.15, -0.1) is 0 Å². The highest BCUT2D eigenvalue weighted by Crippen LogP contribution is 2.25. The first-order valence-electron chi connectivity index (χ1n) is 16.9. The van der Waals surface area contributed by atoms with Gasteiger partial charge in [0.1, 0.15) is 24.2 Å². The first kappa shape index (κ1) is 47.2. The van der Waals surface area contributed by atoms with Crippen LogP contribution in [0.4, 0.5) is 0 Å². The second kappa shape index (κ2) is 28.6. The van der Waals surface area contributed by atoms with Gasteiger partial charge >= 0.3 is 23.9 Å². The molecule has 1 heterocycles. The minimum absolute atomic E-state index is 0.158. The second-order valence-corrected chi connectivity index (χ2v) is 16.6. The molecule has 296 valence electrons. The summed E-state index contributed by atoms with van der Waals surface area (Å²) in [4.78, 5) is 99.6. The molecular formula is C32H52N4O12S4. The quantitative estimate of drug-likeness (QED) is 0.181. The Bertz CT molecular complexity index is 1010. The van der Waals surface area contributed by atoms with E-state index in [1.54, 1.807) is 0 Å². The third-order valence-electron chi connectivity index (χ3n) is 7.50. The highest BCUT2D eigenvalue weighted by molar-refractivity contribution is 8.77. The van der Waals surface area contributed by atoms with Crippen LogP contribution in [0.2, 0.25) is 0 Å². The van der Waals surface area contributed by atoms with E-state index in [-0.39, 0.29) is 72.3 Å². The molecule has 52 heavy (non-hydrogen) atoms. The predicted octanol–water partition coefficient (Wildman–Crippen LogP) is 2.08. The van der Waals surface area contributed by atoms with Crippen molar-refractivity contribution < 1.29 is 57.3 Å². The first-order chi connectivity index (χ1) is 24.9. The lowest BCUT2D eigenvalue weighted by Crippen LogP contribution is -2.44. The Morgan fingerprint density at radius 1 is 0.404 bits per heavy atom. The Balaban J connectivity index is 2.90. The molecular weight excluding hydrogens is 761 g/mol. The SMILES string of the molecule is COC(=O)C1CSSC[C@@H](C(=O)OC)NC(=O)CCCCCCC(=O)N[C@H](C(=O)OC)CSSCC(C(=O)OC)NC(=O)CCCCCCC(=O)N1. The number of hydrogen-bond donors (Lipinski definition) is 4. The minimum Gasteiger partial charge on any atom is -0.467 e. The molecule has 2 unspecified atom stereocenters. The van der Waals surface area contributed by atoms with E-state index in [9.17, 15) is 38.4 Å². The maximum absolute atomic E-state index is 12.6. The van der Waals surface area contributed by atoms with E-state index in [0.717, 1.165) is 0 Å². The van der Waals surface area contributed by atoms with Gasteiger partial charge in [0, 0.05) is 48.7 Å². The molecule has 0 saturated carbocycles. The largest absolute Gasteiger partial charge is 0.467 e. The summed E-state index contributed by atoms with van der Waals surface area (Å²) in [7, 11) is 9.81. The number of carbonyl (C=O) groups is 8. The van der Waals surface area contributed by atoms with E-state index >= 15 is 0 Å². The van der Waals surface area contributed by atoms with Gasteiger partial charge in [0.2, 0.25) is 23.6 Å². The Morgan fingerprint density at radius 2 is 0.596 bits per heavy atom. The van der Waals surface area contributed by atoms with E-state index in [1.165, 1.54) is 71.6 Å². The summed E-state index contributed by atoms with van der Waals surface area (Å²) in [5, 5.41) is 10.7. The fourth-order valence-electron chi connectivity index (χ4n) is 4.62. The number of methoxy groups -OCH3 is 4. The third kappa shape index (κ3) is 21.0. The number of rotatable bonds is 4. The molecule has 0 aromatic carbocycles. The monoisotopic (exact) mass is 812 g/mol. The van der Waals surface area contributed by atoms with E-state index in [1.807, 2.05) is 0 Å². The van der Waals surface area contributed by atoms with Crippen molar-refractivity contribution in [1.82, 2.24) is 21.3 Å². The Kier molecular flexibility index (Phi) is 26.0. The van der Waals surface area contributed by atoms with Gasteiger partial charge in [-0.05, 0) is 25.7 Å². The molecule has 0 aromatic rings.